The van der Waals surface area contributed by atoms with Crippen LogP contribution in [0.4, 0.5) is 0 Å². The largest absolute Gasteiger partial charge is 0.496 e. The van der Waals surface area contributed by atoms with E-state index in [1.807, 2.05) is 13.8 Å². The van der Waals surface area contributed by atoms with Crippen molar-refractivity contribution in [3.8, 4) is 5.75 Å². The molecule has 0 unspecified atom stereocenters. The molecular formula is C21H28N4O4S. The molecule has 1 aromatic heterocycles. The number of methoxy groups -OCH3 is 1. The normalized spacial score (nSPS) is 17.5. The second-order valence-electron chi connectivity index (χ2n) is 7.88. The van der Waals surface area contributed by atoms with E-state index in [1.165, 1.54) is 10.5 Å². The van der Waals surface area contributed by atoms with Gasteiger partial charge in [0.2, 0.25) is 10.0 Å². The van der Waals surface area contributed by atoms with Crippen LogP contribution in [-0.2, 0) is 10.0 Å². The minimum absolute atomic E-state index is 0.108. The Kier molecular flexibility index (Phi) is 6.14. The van der Waals surface area contributed by atoms with Gasteiger partial charge in [0.25, 0.3) is 5.91 Å². The standard InChI is InChI=1S/C21H28N4O4S/c1-12(2)15-10-19(13(3)9-18(15)29-5)30(27,28)25-8-6-7-17(25)21-23-11-16(20(22)26)14(4)24-21/h9-12,17H,6-8H2,1-5H3,(H2,22,26)/t17-/m0/s1. The molecule has 0 spiro atoms. The van der Waals surface area contributed by atoms with E-state index in [2.05, 4.69) is 9.97 Å². The number of carbonyl (C=O) groups is 1. The summed E-state index contributed by atoms with van der Waals surface area (Å²) >= 11 is 0. The quantitative estimate of drug-likeness (QED) is 0.750. The van der Waals surface area contributed by atoms with Crippen molar-refractivity contribution in [1.29, 1.82) is 0 Å². The monoisotopic (exact) mass is 432 g/mol. The van der Waals surface area contributed by atoms with Crippen molar-refractivity contribution in [1.82, 2.24) is 14.3 Å². The van der Waals surface area contributed by atoms with Crippen molar-refractivity contribution in [2.45, 2.75) is 57.4 Å². The third-order valence-electron chi connectivity index (χ3n) is 5.50. The number of ether oxygens (including phenoxy) is 1. The van der Waals surface area contributed by atoms with Crippen LogP contribution in [0, 0.1) is 13.8 Å². The lowest BCUT2D eigenvalue weighted by atomic mass is 10.0. The average molecular weight is 433 g/mol. The average Bonchev–Trinajstić information content (AvgIpc) is 3.17. The molecule has 2 heterocycles. The Bertz CT molecular complexity index is 1080. The first-order valence-corrected chi connectivity index (χ1v) is 11.4. The highest BCUT2D eigenvalue weighted by atomic mass is 32.2. The SMILES string of the molecule is COc1cc(C)c(S(=O)(=O)N2CCC[C@H]2c2ncc(C(N)=O)c(C)n2)cc1C(C)C. The molecule has 1 fully saturated rings. The first-order valence-electron chi connectivity index (χ1n) is 9.91. The molecule has 30 heavy (non-hydrogen) atoms. The predicted octanol–water partition coefficient (Wildman–Crippen LogP) is 2.85. The summed E-state index contributed by atoms with van der Waals surface area (Å²) in [4.78, 5) is 20.4. The van der Waals surface area contributed by atoms with Gasteiger partial charge in [-0.15, -0.1) is 0 Å². The lowest BCUT2D eigenvalue weighted by Gasteiger charge is -2.25. The maximum absolute atomic E-state index is 13.6. The summed E-state index contributed by atoms with van der Waals surface area (Å²) < 4.78 is 34.2. The van der Waals surface area contributed by atoms with E-state index in [1.54, 1.807) is 33.1 Å². The molecule has 0 bridgehead atoms. The molecule has 2 N–H and O–H groups in total. The summed E-state index contributed by atoms with van der Waals surface area (Å²) in [6.07, 6.45) is 2.69. The maximum Gasteiger partial charge on any atom is 0.252 e. The molecule has 1 aromatic carbocycles. The van der Waals surface area contributed by atoms with Crippen LogP contribution >= 0.6 is 0 Å². The van der Waals surface area contributed by atoms with Crippen LogP contribution in [0.25, 0.3) is 0 Å². The van der Waals surface area contributed by atoms with Crippen molar-refractivity contribution in [3.63, 3.8) is 0 Å². The fraction of sp³-hybridized carbons (Fsp3) is 0.476. The summed E-state index contributed by atoms with van der Waals surface area (Å²) in [7, 11) is -2.20. The highest BCUT2D eigenvalue weighted by molar-refractivity contribution is 7.89. The first-order chi connectivity index (χ1) is 14.1. The Morgan fingerprint density at radius 2 is 2.00 bits per heavy atom. The fourth-order valence-corrected chi connectivity index (χ4v) is 5.78. The summed E-state index contributed by atoms with van der Waals surface area (Å²) in [5.74, 6) is 0.565. The van der Waals surface area contributed by atoms with Gasteiger partial charge >= 0.3 is 0 Å². The number of nitrogens with two attached hydrogens (primary N) is 1. The van der Waals surface area contributed by atoms with Crippen LogP contribution < -0.4 is 10.5 Å². The van der Waals surface area contributed by atoms with Crippen molar-refractivity contribution in [3.05, 3.63) is 46.5 Å². The van der Waals surface area contributed by atoms with Crippen LogP contribution in [0.1, 0.15) is 71.7 Å². The highest BCUT2D eigenvalue weighted by Gasteiger charge is 2.39. The smallest absolute Gasteiger partial charge is 0.252 e. The van der Waals surface area contributed by atoms with Gasteiger partial charge in [-0.25, -0.2) is 18.4 Å². The third-order valence-corrected chi connectivity index (χ3v) is 7.55. The molecule has 162 valence electrons. The predicted molar refractivity (Wildman–Crippen MR) is 113 cm³/mol. The molecule has 1 saturated heterocycles. The van der Waals surface area contributed by atoms with E-state index < -0.39 is 22.0 Å². The summed E-state index contributed by atoms with van der Waals surface area (Å²) in [5, 5.41) is 0. The van der Waals surface area contributed by atoms with Crippen molar-refractivity contribution in [2.75, 3.05) is 13.7 Å². The Morgan fingerprint density at radius 3 is 2.57 bits per heavy atom. The summed E-state index contributed by atoms with van der Waals surface area (Å²) in [6, 6.07) is 3.00. The number of nitrogens with zero attached hydrogens (tertiary/aromatic N) is 3. The van der Waals surface area contributed by atoms with Gasteiger partial charge < -0.3 is 10.5 Å². The molecule has 2 aromatic rings. The van der Waals surface area contributed by atoms with Crippen LogP contribution in [0.15, 0.2) is 23.2 Å². The van der Waals surface area contributed by atoms with E-state index in [-0.39, 0.29) is 16.4 Å². The van der Waals surface area contributed by atoms with E-state index >= 15 is 0 Å². The second-order valence-corrected chi connectivity index (χ2v) is 9.74. The Balaban J connectivity index is 2.05. The minimum Gasteiger partial charge on any atom is -0.496 e. The third kappa shape index (κ3) is 3.91. The number of aryl methyl sites for hydroxylation is 2. The molecule has 0 radical (unpaired) electrons. The Labute approximate surface area is 177 Å². The first kappa shape index (κ1) is 22.2. The molecule has 1 aliphatic heterocycles. The number of sulfonamides is 1. The number of hydrogen-bond donors (Lipinski definition) is 1. The molecule has 0 aliphatic carbocycles. The zero-order chi connectivity index (χ0) is 22.2. The van der Waals surface area contributed by atoms with Gasteiger partial charge in [-0.1, -0.05) is 13.8 Å². The van der Waals surface area contributed by atoms with Crippen molar-refractivity contribution < 1.29 is 17.9 Å². The van der Waals surface area contributed by atoms with Crippen molar-refractivity contribution >= 4 is 15.9 Å². The molecule has 0 saturated carbocycles. The number of primary amides is 1. The molecule has 1 amide bonds. The number of carbonyl (C=O) groups excluding carboxylic acids is 1. The van der Waals surface area contributed by atoms with Crippen molar-refractivity contribution in [2.24, 2.45) is 5.73 Å². The van der Waals surface area contributed by atoms with E-state index in [0.717, 1.165) is 5.56 Å². The van der Waals surface area contributed by atoms with Crippen LogP contribution in [0.5, 0.6) is 5.75 Å². The molecule has 1 aliphatic rings. The highest BCUT2D eigenvalue weighted by Crippen LogP contribution is 2.38. The molecular weight excluding hydrogens is 404 g/mol. The number of hydrogen-bond acceptors (Lipinski definition) is 6. The maximum atomic E-state index is 13.6. The zero-order valence-electron chi connectivity index (χ0n) is 18.0. The van der Waals surface area contributed by atoms with E-state index in [4.69, 9.17) is 10.5 Å². The van der Waals surface area contributed by atoms with Gasteiger partial charge in [-0.2, -0.15) is 4.31 Å². The molecule has 3 rings (SSSR count). The number of amides is 1. The topological polar surface area (TPSA) is 115 Å². The van der Waals surface area contributed by atoms with Gasteiger partial charge in [-0.3, -0.25) is 4.79 Å². The number of aromatic nitrogens is 2. The van der Waals surface area contributed by atoms with E-state index in [9.17, 15) is 13.2 Å². The van der Waals surface area contributed by atoms with Gasteiger partial charge in [0, 0.05) is 12.7 Å². The summed E-state index contributed by atoms with van der Waals surface area (Å²) in [6.45, 7) is 7.82. The Morgan fingerprint density at radius 1 is 1.30 bits per heavy atom. The minimum atomic E-state index is -3.78. The zero-order valence-corrected chi connectivity index (χ0v) is 18.8. The number of benzene rings is 1. The fourth-order valence-electron chi connectivity index (χ4n) is 3.88. The van der Waals surface area contributed by atoms with Gasteiger partial charge in [-0.05, 0) is 55.9 Å². The van der Waals surface area contributed by atoms with Crippen LogP contribution in [0.2, 0.25) is 0 Å². The lowest BCUT2D eigenvalue weighted by Crippen LogP contribution is -2.32. The van der Waals surface area contributed by atoms with Gasteiger partial charge in [0.1, 0.15) is 11.6 Å². The van der Waals surface area contributed by atoms with Crippen LogP contribution in [0.3, 0.4) is 0 Å². The number of rotatable bonds is 6. The van der Waals surface area contributed by atoms with Crippen LogP contribution in [-0.4, -0.2) is 42.3 Å². The Hall–Kier alpha value is -2.52. The molecule has 8 nitrogen and oxygen atoms in total. The molecule has 1 atom stereocenters. The molecule has 9 heteroatoms. The van der Waals surface area contributed by atoms with E-state index in [0.29, 0.717) is 42.2 Å². The summed E-state index contributed by atoms with van der Waals surface area (Å²) in [5.41, 5.74) is 7.48. The lowest BCUT2D eigenvalue weighted by molar-refractivity contribution is 0.0998. The van der Waals surface area contributed by atoms with Gasteiger partial charge in [0.15, 0.2) is 0 Å². The van der Waals surface area contributed by atoms with Gasteiger partial charge in [0.05, 0.1) is 29.3 Å². The second kappa shape index (κ2) is 8.31.